The van der Waals surface area contributed by atoms with E-state index in [1.165, 1.54) is 6.07 Å². The first-order valence-electron chi connectivity index (χ1n) is 5.68. The van der Waals surface area contributed by atoms with Crippen molar-refractivity contribution in [3.05, 3.63) is 68.3 Å². The summed E-state index contributed by atoms with van der Waals surface area (Å²) in [6.45, 7) is 0. The van der Waals surface area contributed by atoms with Crippen LogP contribution in [0.3, 0.4) is 0 Å². The molecule has 0 bridgehead atoms. The zero-order chi connectivity index (χ0) is 14.5. The number of carbonyl (C=O) groups is 2. The normalized spacial score (nSPS) is 9.90. The molecule has 6 heteroatoms. The van der Waals surface area contributed by atoms with Gasteiger partial charge >= 0.3 is 0 Å². The SMILES string of the molecule is O=C(NNC(=O)c1cccc(Cl)c1)c1ccc(I)cc1. The highest BCUT2D eigenvalue weighted by Crippen LogP contribution is 2.10. The molecule has 0 atom stereocenters. The van der Waals surface area contributed by atoms with Crippen molar-refractivity contribution in [2.45, 2.75) is 0 Å². The Bertz CT molecular complexity index is 644. The Kier molecular flexibility index (Phi) is 4.97. The van der Waals surface area contributed by atoms with Crippen LogP contribution in [0.25, 0.3) is 0 Å². The van der Waals surface area contributed by atoms with Crippen LogP contribution in [0.15, 0.2) is 48.5 Å². The van der Waals surface area contributed by atoms with Gasteiger partial charge in [0, 0.05) is 19.7 Å². The van der Waals surface area contributed by atoms with E-state index >= 15 is 0 Å². The van der Waals surface area contributed by atoms with Crippen molar-refractivity contribution in [2.75, 3.05) is 0 Å². The quantitative estimate of drug-likeness (QED) is 0.601. The van der Waals surface area contributed by atoms with Crippen LogP contribution in [0.4, 0.5) is 0 Å². The minimum absolute atomic E-state index is 0.375. The molecule has 2 N–H and O–H groups in total. The molecule has 0 heterocycles. The van der Waals surface area contributed by atoms with E-state index in [1.54, 1.807) is 30.3 Å². The van der Waals surface area contributed by atoms with E-state index < -0.39 is 5.91 Å². The lowest BCUT2D eigenvalue weighted by molar-refractivity contribution is 0.0846. The lowest BCUT2D eigenvalue weighted by Crippen LogP contribution is -2.41. The highest BCUT2D eigenvalue weighted by molar-refractivity contribution is 14.1. The van der Waals surface area contributed by atoms with Gasteiger partial charge in [-0.15, -0.1) is 0 Å². The summed E-state index contributed by atoms with van der Waals surface area (Å²) in [6.07, 6.45) is 0. The summed E-state index contributed by atoms with van der Waals surface area (Å²) in [5, 5.41) is 0.460. The van der Waals surface area contributed by atoms with Gasteiger partial charge in [0.25, 0.3) is 11.8 Å². The monoisotopic (exact) mass is 400 g/mol. The topological polar surface area (TPSA) is 58.2 Å². The lowest BCUT2D eigenvalue weighted by atomic mass is 10.2. The van der Waals surface area contributed by atoms with E-state index in [0.29, 0.717) is 16.1 Å². The summed E-state index contributed by atoms with van der Waals surface area (Å²) < 4.78 is 1.03. The maximum absolute atomic E-state index is 11.8. The first-order valence-corrected chi connectivity index (χ1v) is 7.14. The van der Waals surface area contributed by atoms with Crippen LogP contribution in [0.2, 0.25) is 5.02 Å². The number of amides is 2. The van der Waals surface area contributed by atoms with Crippen LogP contribution in [0.5, 0.6) is 0 Å². The molecule has 0 radical (unpaired) electrons. The Balaban J connectivity index is 1.96. The van der Waals surface area contributed by atoms with Crippen molar-refractivity contribution in [3.8, 4) is 0 Å². The van der Waals surface area contributed by atoms with Gasteiger partial charge in [-0.25, -0.2) is 0 Å². The van der Waals surface area contributed by atoms with Crippen LogP contribution >= 0.6 is 34.2 Å². The van der Waals surface area contributed by atoms with E-state index in [2.05, 4.69) is 33.4 Å². The third kappa shape index (κ3) is 3.94. The zero-order valence-corrected chi connectivity index (χ0v) is 13.1. The fourth-order valence-corrected chi connectivity index (χ4v) is 2.04. The van der Waals surface area contributed by atoms with Gasteiger partial charge in [0.15, 0.2) is 0 Å². The van der Waals surface area contributed by atoms with Crippen molar-refractivity contribution in [3.63, 3.8) is 0 Å². The Hall–Kier alpha value is -1.60. The van der Waals surface area contributed by atoms with Crippen molar-refractivity contribution in [2.24, 2.45) is 0 Å². The molecular formula is C14H10ClIN2O2. The fraction of sp³-hybridized carbons (Fsp3) is 0. The maximum atomic E-state index is 11.8. The molecule has 0 unspecified atom stereocenters. The number of nitrogens with one attached hydrogen (secondary N) is 2. The van der Waals surface area contributed by atoms with Gasteiger partial charge in [-0.2, -0.15) is 0 Å². The van der Waals surface area contributed by atoms with E-state index in [0.717, 1.165) is 3.57 Å². The van der Waals surface area contributed by atoms with E-state index in [1.807, 2.05) is 12.1 Å². The average Bonchev–Trinajstić information content (AvgIpc) is 2.45. The van der Waals surface area contributed by atoms with Gasteiger partial charge in [0.1, 0.15) is 0 Å². The highest BCUT2D eigenvalue weighted by Gasteiger charge is 2.09. The summed E-state index contributed by atoms with van der Waals surface area (Å²) in [4.78, 5) is 23.6. The molecule has 102 valence electrons. The van der Waals surface area contributed by atoms with Gasteiger partial charge in [-0.1, -0.05) is 17.7 Å². The zero-order valence-electron chi connectivity index (χ0n) is 10.2. The van der Waals surface area contributed by atoms with Crippen molar-refractivity contribution < 1.29 is 9.59 Å². The number of halogens is 2. The molecule has 0 saturated carbocycles. The number of hydrogen-bond acceptors (Lipinski definition) is 2. The van der Waals surface area contributed by atoms with Crippen molar-refractivity contribution in [1.29, 1.82) is 0 Å². The molecule has 2 amide bonds. The summed E-state index contributed by atoms with van der Waals surface area (Å²) in [7, 11) is 0. The summed E-state index contributed by atoms with van der Waals surface area (Å²) >= 11 is 7.94. The summed E-state index contributed by atoms with van der Waals surface area (Å²) in [6, 6.07) is 13.5. The maximum Gasteiger partial charge on any atom is 0.269 e. The molecule has 0 saturated heterocycles. The third-order valence-electron chi connectivity index (χ3n) is 2.48. The second-order valence-electron chi connectivity index (χ2n) is 3.93. The van der Waals surface area contributed by atoms with Crippen LogP contribution in [-0.2, 0) is 0 Å². The standard InChI is InChI=1S/C14H10ClIN2O2/c15-11-3-1-2-10(8-11)14(20)18-17-13(19)9-4-6-12(16)7-5-9/h1-8H,(H,17,19)(H,18,20). The van der Waals surface area contributed by atoms with Crippen LogP contribution < -0.4 is 10.9 Å². The first-order chi connectivity index (χ1) is 9.56. The smallest absolute Gasteiger partial charge is 0.267 e. The molecule has 0 aliphatic heterocycles. The summed E-state index contributed by atoms with van der Waals surface area (Å²) in [5.41, 5.74) is 5.54. The Morgan fingerprint density at radius 2 is 1.50 bits per heavy atom. The summed E-state index contributed by atoms with van der Waals surface area (Å²) in [5.74, 6) is -0.803. The third-order valence-corrected chi connectivity index (χ3v) is 3.44. The predicted octanol–water partition coefficient (Wildman–Crippen LogP) is 3.02. The molecule has 4 nitrogen and oxygen atoms in total. The van der Waals surface area contributed by atoms with Crippen molar-refractivity contribution in [1.82, 2.24) is 10.9 Å². The Labute approximate surface area is 134 Å². The van der Waals surface area contributed by atoms with Crippen LogP contribution in [0.1, 0.15) is 20.7 Å². The first kappa shape index (κ1) is 14.8. The number of hydrogen-bond donors (Lipinski definition) is 2. The molecule has 0 aromatic heterocycles. The van der Waals surface area contributed by atoms with E-state index in [4.69, 9.17) is 11.6 Å². The molecule has 2 aromatic carbocycles. The largest absolute Gasteiger partial charge is 0.269 e. The van der Waals surface area contributed by atoms with Gasteiger partial charge < -0.3 is 0 Å². The number of benzene rings is 2. The van der Waals surface area contributed by atoms with Crippen LogP contribution in [0, 0.1) is 3.57 Å². The van der Waals surface area contributed by atoms with Gasteiger partial charge in [0.2, 0.25) is 0 Å². The molecule has 2 aromatic rings. The number of rotatable bonds is 2. The highest BCUT2D eigenvalue weighted by atomic mass is 127. The Morgan fingerprint density at radius 3 is 2.10 bits per heavy atom. The average molecular weight is 401 g/mol. The minimum atomic E-state index is -0.425. The second kappa shape index (κ2) is 6.71. The van der Waals surface area contributed by atoms with Gasteiger partial charge in [-0.3, -0.25) is 20.4 Å². The fourth-order valence-electron chi connectivity index (χ4n) is 1.49. The number of carbonyl (C=O) groups excluding carboxylic acids is 2. The Morgan fingerprint density at radius 1 is 0.900 bits per heavy atom. The van der Waals surface area contributed by atoms with Crippen molar-refractivity contribution >= 4 is 46.0 Å². The van der Waals surface area contributed by atoms with E-state index in [9.17, 15) is 9.59 Å². The predicted molar refractivity (Wildman–Crippen MR) is 85.5 cm³/mol. The minimum Gasteiger partial charge on any atom is -0.267 e. The molecule has 0 aliphatic rings. The molecule has 2 rings (SSSR count). The van der Waals surface area contributed by atoms with Gasteiger partial charge in [0.05, 0.1) is 0 Å². The molecule has 0 aliphatic carbocycles. The molecular weight excluding hydrogens is 391 g/mol. The molecule has 20 heavy (non-hydrogen) atoms. The second-order valence-corrected chi connectivity index (χ2v) is 5.61. The van der Waals surface area contributed by atoms with E-state index in [-0.39, 0.29) is 5.91 Å². The van der Waals surface area contributed by atoms with Gasteiger partial charge in [-0.05, 0) is 65.1 Å². The molecule has 0 fully saturated rings. The number of hydrazine groups is 1. The lowest BCUT2D eigenvalue weighted by Gasteiger charge is -2.07. The van der Waals surface area contributed by atoms with Crippen LogP contribution in [-0.4, -0.2) is 11.8 Å². The molecule has 0 spiro atoms.